The summed E-state index contributed by atoms with van der Waals surface area (Å²) >= 11 is 7.63. The van der Waals surface area contributed by atoms with Crippen molar-refractivity contribution in [3.63, 3.8) is 0 Å². The van der Waals surface area contributed by atoms with Gasteiger partial charge in [0.25, 0.3) is 5.91 Å². The maximum atomic E-state index is 13.4. The Kier molecular flexibility index (Phi) is 4.42. The quantitative estimate of drug-likeness (QED) is 0.569. The van der Waals surface area contributed by atoms with Gasteiger partial charge in [0.15, 0.2) is 6.10 Å². The first-order chi connectivity index (χ1) is 14.1. The number of imide groups is 1. The van der Waals surface area contributed by atoms with Gasteiger partial charge in [-0.25, -0.2) is 9.96 Å². The highest BCUT2D eigenvalue weighted by atomic mass is 35.5. The topological polar surface area (TPSA) is 49.9 Å². The van der Waals surface area contributed by atoms with Crippen molar-refractivity contribution in [2.45, 2.75) is 19.1 Å². The zero-order valence-corrected chi connectivity index (χ0v) is 17.1. The number of thiophene rings is 1. The van der Waals surface area contributed by atoms with E-state index in [0.29, 0.717) is 10.7 Å². The van der Waals surface area contributed by atoms with Crippen LogP contribution >= 0.6 is 22.9 Å². The van der Waals surface area contributed by atoms with E-state index in [4.69, 9.17) is 16.4 Å². The van der Waals surface area contributed by atoms with Crippen LogP contribution in [0.2, 0.25) is 5.02 Å². The van der Waals surface area contributed by atoms with E-state index >= 15 is 0 Å². The van der Waals surface area contributed by atoms with Gasteiger partial charge in [0.05, 0.1) is 11.4 Å². The predicted octanol–water partition coefficient (Wildman–Crippen LogP) is 4.76. The molecule has 0 aliphatic carbocycles. The van der Waals surface area contributed by atoms with Crippen LogP contribution in [0.3, 0.4) is 0 Å². The SMILES string of the molecule is Cc1ccccc1N1O[C@@H]2C(=O)N(c3cccc(Cl)c3)C(=O)[C@H]2[C@@H]1c1cccs1. The first kappa shape index (κ1) is 18.4. The molecule has 0 bridgehead atoms. The molecule has 2 aromatic carbocycles. The lowest BCUT2D eigenvalue weighted by Crippen LogP contribution is -2.37. The molecule has 0 radical (unpaired) electrons. The van der Waals surface area contributed by atoms with Gasteiger partial charge in [0.1, 0.15) is 12.0 Å². The van der Waals surface area contributed by atoms with Crippen LogP contribution in [-0.4, -0.2) is 17.9 Å². The summed E-state index contributed by atoms with van der Waals surface area (Å²) < 4.78 is 0. The highest BCUT2D eigenvalue weighted by Crippen LogP contribution is 2.49. The van der Waals surface area contributed by atoms with Gasteiger partial charge in [-0.2, -0.15) is 0 Å². The number of nitrogens with zero attached hydrogens (tertiary/aromatic N) is 2. The van der Waals surface area contributed by atoms with Crippen LogP contribution in [-0.2, 0) is 14.4 Å². The highest BCUT2D eigenvalue weighted by molar-refractivity contribution is 7.10. The molecule has 0 saturated carbocycles. The Balaban J connectivity index is 1.59. The van der Waals surface area contributed by atoms with Crippen LogP contribution in [0.1, 0.15) is 16.5 Å². The third-order valence-electron chi connectivity index (χ3n) is 5.37. The number of anilines is 2. The van der Waals surface area contributed by atoms with Crippen LogP contribution < -0.4 is 9.96 Å². The summed E-state index contributed by atoms with van der Waals surface area (Å²) in [5.74, 6) is -1.25. The molecule has 1 aromatic heterocycles. The molecule has 2 amide bonds. The molecular weight excluding hydrogens is 408 g/mol. The first-order valence-corrected chi connectivity index (χ1v) is 10.5. The summed E-state index contributed by atoms with van der Waals surface area (Å²) in [6.45, 7) is 1.99. The van der Waals surface area contributed by atoms with E-state index in [0.717, 1.165) is 16.1 Å². The molecule has 2 fully saturated rings. The Morgan fingerprint density at radius 2 is 1.83 bits per heavy atom. The normalized spacial score (nSPS) is 23.7. The molecule has 2 aliphatic rings. The number of halogens is 1. The third-order valence-corrected chi connectivity index (χ3v) is 6.55. The second-order valence-electron chi connectivity index (χ2n) is 7.12. The summed E-state index contributed by atoms with van der Waals surface area (Å²) in [5.41, 5.74) is 2.34. The summed E-state index contributed by atoms with van der Waals surface area (Å²) in [6, 6.07) is 18.1. The van der Waals surface area contributed by atoms with Crippen molar-refractivity contribution in [3.05, 3.63) is 81.5 Å². The summed E-state index contributed by atoms with van der Waals surface area (Å²) in [6.07, 6.45) is -0.867. The minimum atomic E-state index is -0.867. The number of benzene rings is 2. The molecule has 7 heteroatoms. The second-order valence-corrected chi connectivity index (χ2v) is 8.53. The number of hydroxylamine groups is 1. The Morgan fingerprint density at radius 1 is 1.00 bits per heavy atom. The Labute approximate surface area is 177 Å². The zero-order chi connectivity index (χ0) is 20.1. The second kappa shape index (κ2) is 6.99. The smallest absolute Gasteiger partial charge is 0.266 e. The van der Waals surface area contributed by atoms with E-state index in [9.17, 15) is 9.59 Å². The average molecular weight is 425 g/mol. The van der Waals surface area contributed by atoms with Crippen LogP contribution in [0.25, 0.3) is 0 Å². The molecule has 0 unspecified atom stereocenters. The highest BCUT2D eigenvalue weighted by Gasteiger charge is 2.60. The molecule has 2 aliphatic heterocycles. The number of hydrogen-bond acceptors (Lipinski definition) is 5. The van der Waals surface area contributed by atoms with Gasteiger partial charge in [0.2, 0.25) is 5.91 Å². The van der Waals surface area contributed by atoms with Gasteiger partial charge >= 0.3 is 0 Å². The molecule has 0 spiro atoms. The van der Waals surface area contributed by atoms with E-state index in [1.165, 1.54) is 4.90 Å². The standard InChI is InChI=1S/C22H17ClN2O3S/c1-13-6-2-3-9-16(13)25-19(17-10-5-11-29-17)18-20(28-25)22(27)24(21(18)26)15-8-4-7-14(23)12-15/h2-12,18-20H,1H3/t18-,19-,20-/m0/s1. The molecule has 3 aromatic rings. The van der Waals surface area contributed by atoms with Crippen LogP contribution in [0.5, 0.6) is 0 Å². The minimum Gasteiger partial charge on any atom is -0.273 e. The lowest BCUT2D eigenvalue weighted by molar-refractivity contribution is -0.126. The third kappa shape index (κ3) is 2.87. The van der Waals surface area contributed by atoms with E-state index in [1.807, 2.05) is 48.7 Å². The molecule has 29 heavy (non-hydrogen) atoms. The summed E-state index contributed by atoms with van der Waals surface area (Å²) in [4.78, 5) is 35.0. The number of aryl methyl sites for hydroxylation is 1. The van der Waals surface area contributed by atoms with Crippen LogP contribution in [0.15, 0.2) is 66.0 Å². The summed E-state index contributed by atoms with van der Waals surface area (Å²) in [5, 5.41) is 4.17. The van der Waals surface area contributed by atoms with Gasteiger partial charge in [-0.05, 0) is 48.2 Å². The van der Waals surface area contributed by atoms with E-state index in [2.05, 4.69) is 0 Å². The Morgan fingerprint density at radius 3 is 2.55 bits per heavy atom. The summed E-state index contributed by atoms with van der Waals surface area (Å²) in [7, 11) is 0. The molecule has 5 nitrogen and oxygen atoms in total. The number of hydrogen-bond donors (Lipinski definition) is 0. The number of amides is 2. The Bertz CT molecular complexity index is 1100. The molecule has 146 valence electrons. The number of para-hydroxylation sites is 1. The first-order valence-electron chi connectivity index (χ1n) is 9.24. The van der Waals surface area contributed by atoms with Crippen molar-refractivity contribution in [2.24, 2.45) is 5.92 Å². The van der Waals surface area contributed by atoms with Gasteiger partial charge < -0.3 is 0 Å². The molecule has 3 atom stereocenters. The van der Waals surface area contributed by atoms with Crippen molar-refractivity contribution >= 4 is 46.1 Å². The van der Waals surface area contributed by atoms with Crippen molar-refractivity contribution in [1.29, 1.82) is 0 Å². The van der Waals surface area contributed by atoms with Gasteiger partial charge in [-0.15, -0.1) is 11.3 Å². The monoisotopic (exact) mass is 424 g/mol. The molecular formula is C22H17ClN2O3S. The van der Waals surface area contributed by atoms with Crippen molar-refractivity contribution in [1.82, 2.24) is 0 Å². The van der Waals surface area contributed by atoms with E-state index < -0.39 is 12.0 Å². The lowest BCUT2D eigenvalue weighted by atomic mass is 9.95. The van der Waals surface area contributed by atoms with Gasteiger partial charge in [-0.3, -0.25) is 14.4 Å². The van der Waals surface area contributed by atoms with Crippen LogP contribution in [0, 0.1) is 12.8 Å². The average Bonchev–Trinajstić information content (AvgIpc) is 3.40. The van der Waals surface area contributed by atoms with Gasteiger partial charge in [0, 0.05) is 9.90 Å². The predicted molar refractivity (Wildman–Crippen MR) is 113 cm³/mol. The number of carbonyl (C=O) groups excluding carboxylic acids is 2. The lowest BCUT2D eigenvalue weighted by Gasteiger charge is -2.28. The van der Waals surface area contributed by atoms with Crippen LogP contribution in [0.4, 0.5) is 11.4 Å². The van der Waals surface area contributed by atoms with Crippen molar-refractivity contribution < 1.29 is 14.4 Å². The fourth-order valence-electron chi connectivity index (χ4n) is 4.05. The van der Waals surface area contributed by atoms with E-state index in [-0.39, 0.29) is 17.9 Å². The molecule has 5 rings (SSSR count). The fraction of sp³-hybridized carbons (Fsp3) is 0.182. The van der Waals surface area contributed by atoms with Gasteiger partial charge in [-0.1, -0.05) is 41.9 Å². The minimum absolute atomic E-state index is 0.267. The van der Waals surface area contributed by atoms with E-state index in [1.54, 1.807) is 40.7 Å². The fourth-order valence-corrected chi connectivity index (χ4v) is 5.09. The zero-order valence-electron chi connectivity index (χ0n) is 15.5. The van der Waals surface area contributed by atoms with Crippen molar-refractivity contribution in [3.8, 4) is 0 Å². The van der Waals surface area contributed by atoms with Crippen molar-refractivity contribution in [2.75, 3.05) is 9.96 Å². The Hall–Kier alpha value is -2.67. The largest absolute Gasteiger partial charge is 0.273 e. The number of fused-ring (bicyclic) bond motifs is 1. The number of rotatable bonds is 3. The molecule has 0 N–H and O–H groups in total. The molecule has 3 heterocycles. The molecule has 2 saturated heterocycles. The maximum absolute atomic E-state index is 13.4. The number of carbonyl (C=O) groups is 2. The maximum Gasteiger partial charge on any atom is 0.266 e.